The average molecular weight is 370 g/mol. The summed E-state index contributed by atoms with van der Waals surface area (Å²) in [7, 11) is 0. The highest BCUT2D eigenvalue weighted by molar-refractivity contribution is 9.10. The summed E-state index contributed by atoms with van der Waals surface area (Å²) in [5.74, 6) is 0.497. The zero-order valence-corrected chi connectivity index (χ0v) is 12.9. The molecule has 0 saturated carbocycles. The maximum absolute atomic E-state index is 12.6. The Balaban J connectivity index is 2.12. The van der Waals surface area contributed by atoms with Crippen molar-refractivity contribution in [3.05, 3.63) is 63.6 Å². The van der Waals surface area contributed by atoms with Gasteiger partial charge in [0.15, 0.2) is 0 Å². The van der Waals surface area contributed by atoms with Gasteiger partial charge in [0, 0.05) is 4.47 Å². The summed E-state index contributed by atoms with van der Waals surface area (Å²) in [5.41, 5.74) is 0.501. The van der Waals surface area contributed by atoms with Gasteiger partial charge in [0.25, 0.3) is 0 Å². The molecular weight excluding hydrogens is 359 g/mol. The fraction of sp³-hybridized carbons (Fsp3) is 0.188. The third-order valence-electron chi connectivity index (χ3n) is 2.87. The summed E-state index contributed by atoms with van der Waals surface area (Å²) in [4.78, 5) is 0. The molecule has 0 aliphatic heterocycles. The number of rotatable bonds is 4. The van der Waals surface area contributed by atoms with Gasteiger partial charge in [-0.25, -0.2) is 0 Å². The van der Waals surface area contributed by atoms with Crippen molar-refractivity contribution in [2.24, 2.45) is 0 Å². The summed E-state index contributed by atoms with van der Waals surface area (Å²) in [6, 6.07) is 12.2. The second kappa shape index (κ2) is 6.84. The number of ether oxygens (including phenoxy) is 1. The Bertz CT molecular complexity index is 707. The van der Waals surface area contributed by atoms with Gasteiger partial charge in [-0.05, 0) is 41.5 Å². The molecule has 2 aromatic rings. The van der Waals surface area contributed by atoms with Gasteiger partial charge in [-0.2, -0.15) is 18.4 Å². The lowest BCUT2D eigenvalue weighted by Gasteiger charge is -2.11. The Kier molecular flexibility index (Phi) is 5.09. The highest BCUT2D eigenvalue weighted by Gasteiger charge is 2.30. The monoisotopic (exact) mass is 369 g/mol. The van der Waals surface area contributed by atoms with Gasteiger partial charge in [-0.15, -0.1) is 0 Å². The number of alkyl halides is 3. The molecule has 6 heteroatoms. The van der Waals surface area contributed by atoms with E-state index in [9.17, 15) is 13.2 Å². The standard InChI is InChI=1S/C16H11BrF3NO/c17-14-7-11(4-5-21)8-15(9-14)22-10-12-2-1-3-13(6-12)16(18,19)20/h1-3,6-9H,4,10H2. The molecule has 0 bridgehead atoms. The first-order valence-electron chi connectivity index (χ1n) is 6.34. The van der Waals surface area contributed by atoms with E-state index in [0.29, 0.717) is 11.3 Å². The molecule has 22 heavy (non-hydrogen) atoms. The maximum atomic E-state index is 12.6. The maximum Gasteiger partial charge on any atom is 0.416 e. The molecule has 2 rings (SSSR count). The van der Waals surface area contributed by atoms with Crippen LogP contribution in [0.15, 0.2) is 46.9 Å². The molecule has 0 saturated heterocycles. The first-order valence-corrected chi connectivity index (χ1v) is 7.13. The molecular formula is C16H11BrF3NO. The normalized spacial score (nSPS) is 11.0. The van der Waals surface area contributed by atoms with Crippen LogP contribution in [0.5, 0.6) is 5.75 Å². The highest BCUT2D eigenvalue weighted by Crippen LogP contribution is 2.30. The molecule has 0 radical (unpaired) electrons. The molecule has 0 fully saturated rings. The van der Waals surface area contributed by atoms with Crippen LogP contribution in [-0.4, -0.2) is 0 Å². The molecule has 0 atom stereocenters. The highest BCUT2D eigenvalue weighted by atomic mass is 79.9. The molecule has 0 unspecified atom stereocenters. The lowest BCUT2D eigenvalue weighted by molar-refractivity contribution is -0.137. The number of benzene rings is 2. The van der Waals surface area contributed by atoms with E-state index in [4.69, 9.17) is 10.00 Å². The minimum atomic E-state index is -4.37. The van der Waals surface area contributed by atoms with Gasteiger partial charge >= 0.3 is 6.18 Å². The Morgan fingerprint density at radius 1 is 1.09 bits per heavy atom. The Morgan fingerprint density at radius 2 is 1.86 bits per heavy atom. The van der Waals surface area contributed by atoms with Crippen LogP contribution in [0.25, 0.3) is 0 Å². The van der Waals surface area contributed by atoms with E-state index in [1.54, 1.807) is 24.3 Å². The summed E-state index contributed by atoms with van der Waals surface area (Å²) in [6.07, 6.45) is -4.13. The Morgan fingerprint density at radius 3 is 2.55 bits per heavy atom. The molecule has 2 nitrogen and oxygen atoms in total. The van der Waals surface area contributed by atoms with Crippen molar-refractivity contribution in [1.29, 1.82) is 5.26 Å². The quantitative estimate of drug-likeness (QED) is 0.749. The zero-order valence-electron chi connectivity index (χ0n) is 11.3. The van der Waals surface area contributed by atoms with Gasteiger partial charge in [0.2, 0.25) is 0 Å². The molecule has 114 valence electrons. The fourth-order valence-electron chi connectivity index (χ4n) is 1.90. The molecule has 0 aliphatic carbocycles. The summed E-state index contributed by atoms with van der Waals surface area (Å²) < 4.78 is 44.2. The van der Waals surface area contributed by atoms with Crippen molar-refractivity contribution >= 4 is 15.9 Å². The second-order valence-corrected chi connectivity index (χ2v) is 5.53. The van der Waals surface area contributed by atoms with Crippen LogP contribution in [-0.2, 0) is 19.2 Å². The first-order chi connectivity index (χ1) is 10.4. The summed E-state index contributed by atoms with van der Waals surface area (Å²) in [5, 5.41) is 8.70. The molecule has 0 aromatic heterocycles. The lowest BCUT2D eigenvalue weighted by atomic mass is 10.1. The molecule has 2 aromatic carbocycles. The van der Waals surface area contributed by atoms with E-state index in [1.165, 1.54) is 6.07 Å². The number of nitriles is 1. The van der Waals surface area contributed by atoms with Gasteiger partial charge < -0.3 is 4.74 Å². The van der Waals surface area contributed by atoms with Crippen molar-refractivity contribution in [1.82, 2.24) is 0 Å². The van der Waals surface area contributed by atoms with E-state index in [0.717, 1.165) is 22.2 Å². The van der Waals surface area contributed by atoms with Gasteiger partial charge in [0.05, 0.1) is 18.1 Å². The molecule has 0 heterocycles. The average Bonchev–Trinajstić information content (AvgIpc) is 2.44. The molecule has 0 spiro atoms. The summed E-state index contributed by atoms with van der Waals surface area (Å²) >= 11 is 3.31. The zero-order chi connectivity index (χ0) is 16.2. The molecule has 0 amide bonds. The van der Waals surface area contributed by atoms with Crippen LogP contribution in [0.4, 0.5) is 13.2 Å². The fourth-order valence-corrected chi connectivity index (χ4v) is 2.42. The van der Waals surface area contributed by atoms with E-state index in [-0.39, 0.29) is 13.0 Å². The van der Waals surface area contributed by atoms with Crippen LogP contribution in [0.2, 0.25) is 0 Å². The minimum Gasteiger partial charge on any atom is -0.489 e. The third-order valence-corrected chi connectivity index (χ3v) is 3.33. The Hall–Kier alpha value is -2.00. The second-order valence-electron chi connectivity index (χ2n) is 4.62. The number of hydrogen-bond acceptors (Lipinski definition) is 2. The van der Waals surface area contributed by atoms with Gasteiger partial charge in [-0.1, -0.05) is 28.1 Å². The molecule has 0 aliphatic rings. The van der Waals surface area contributed by atoms with Crippen LogP contribution in [0.3, 0.4) is 0 Å². The van der Waals surface area contributed by atoms with E-state index in [1.807, 2.05) is 6.07 Å². The summed E-state index contributed by atoms with van der Waals surface area (Å²) in [6.45, 7) is 0.0202. The first kappa shape index (κ1) is 16.4. The van der Waals surface area contributed by atoms with Crippen LogP contribution < -0.4 is 4.74 Å². The van der Waals surface area contributed by atoms with E-state index < -0.39 is 11.7 Å². The van der Waals surface area contributed by atoms with E-state index >= 15 is 0 Å². The van der Waals surface area contributed by atoms with Gasteiger partial charge in [0.1, 0.15) is 12.4 Å². The van der Waals surface area contributed by atoms with Crippen molar-refractivity contribution in [3.63, 3.8) is 0 Å². The van der Waals surface area contributed by atoms with E-state index in [2.05, 4.69) is 15.9 Å². The molecule has 0 N–H and O–H groups in total. The largest absolute Gasteiger partial charge is 0.489 e. The van der Waals surface area contributed by atoms with Crippen LogP contribution in [0, 0.1) is 11.3 Å². The third kappa shape index (κ3) is 4.50. The minimum absolute atomic E-state index is 0.0202. The number of hydrogen-bond donors (Lipinski definition) is 0. The smallest absolute Gasteiger partial charge is 0.416 e. The van der Waals surface area contributed by atoms with Crippen LogP contribution >= 0.6 is 15.9 Å². The van der Waals surface area contributed by atoms with Gasteiger partial charge in [-0.3, -0.25) is 0 Å². The Labute approximate surface area is 134 Å². The number of nitrogens with zero attached hydrogens (tertiary/aromatic N) is 1. The predicted octanol–water partition coefficient (Wildman–Crippen LogP) is 5.11. The SMILES string of the molecule is N#CCc1cc(Br)cc(OCc2cccc(C(F)(F)F)c2)c1. The predicted molar refractivity (Wildman–Crippen MR) is 79.2 cm³/mol. The van der Waals surface area contributed by atoms with Crippen LogP contribution in [0.1, 0.15) is 16.7 Å². The van der Waals surface area contributed by atoms with Crippen molar-refractivity contribution < 1.29 is 17.9 Å². The van der Waals surface area contributed by atoms with Crippen molar-refractivity contribution in [2.75, 3.05) is 0 Å². The van der Waals surface area contributed by atoms with Crippen molar-refractivity contribution in [3.8, 4) is 11.8 Å². The lowest BCUT2D eigenvalue weighted by Crippen LogP contribution is -2.06. The topological polar surface area (TPSA) is 33.0 Å². The number of halogens is 4. The van der Waals surface area contributed by atoms with Crippen molar-refractivity contribution in [2.45, 2.75) is 19.2 Å².